The second-order valence-electron chi connectivity index (χ2n) is 7.89. The van der Waals surface area contributed by atoms with Crippen LogP contribution in [0.25, 0.3) is 0 Å². The number of piperidine rings is 1. The summed E-state index contributed by atoms with van der Waals surface area (Å²) in [6.07, 6.45) is 8.69. The van der Waals surface area contributed by atoms with Crippen molar-refractivity contribution in [1.29, 1.82) is 0 Å². The first-order chi connectivity index (χ1) is 10.5. The summed E-state index contributed by atoms with van der Waals surface area (Å²) in [7, 11) is 0. The minimum atomic E-state index is -0.587. The van der Waals surface area contributed by atoms with Gasteiger partial charge in [0.2, 0.25) is 5.91 Å². The molecular formula is C18H35N3O. The maximum atomic E-state index is 12.2. The van der Waals surface area contributed by atoms with Crippen LogP contribution in [0, 0.1) is 11.8 Å². The van der Waals surface area contributed by atoms with Crippen molar-refractivity contribution in [3.63, 3.8) is 0 Å². The van der Waals surface area contributed by atoms with E-state index in [0.29, 0.717) is 0 Å². The molecule has 0 aromatic carbocycles. The molecule has 1 saturated carbocycles. The average molecular weight is 309 g/mol. The van der Waals surface area contributed by atoms with Gasteiger partial charge in [0.1, 0.15) is 0 Å². The Balaban J connectivity index is 1.58. The molecule has 0 radical (unpaired) electrons. The summed E-state index contributed by atoms with van der Waals surface area (Å²) in [5.41, 5.74) is 5.66. The number of unbranched alkanes of at least 4 members (excludes halogenated alkanes) is 1. The zero-order valence-electron chi connectivity index (χ0n) is 14.6. The fourth-order valence-electron chi connectivity index (χ4n) is 4.22. The van der Waals surface area contributed by atoms with E-state index < -0.39 is 5.54 Å². The van der Waals surface area contributed by atoms with Crippen LogP contribution in [0.15, 0.2) is 0 Å². The first kappa shape index (κ1) is 17.7. The minimum Gasteiger partial charge on any atom is -0.355 e. The molecule has 1 saturated heterocycles. The van der Waals surface area contributed by atoms with Crippen molar-refractivity contribution >= 4 is 5.91 Å². The van der Waals surface area contributed by atoms with E-state index in [4.69, 9.17) is 5.73 Å². The standard InChI is InChI=1S/C18H35N3O/c1-15-12-16(2)14-21(13-15)11-7-6-10-20-17(22)18(19)8-4-3-5-9-18/h15-16H,3-14,19H2,1-2H3,(H,20,22). The summed E-state index contributed by atoms with van der Waals surface area (Å²) in [4.78, 5) is 14.8. The molecule has 4 heteroatoms. The van der Waals surface area contributed by atoms with E-state index in [1.54, 1.807) is 0 Å². The Hall–Kier alpha value is -0.610. The van der Waals surface area contributed by atoms with Crippen molar-refractivity contribution in [2.24, 2.45) is 17.6 Å². The Morgan fingerprint density at radius 2 is 1.77 bits per heavy atom. The number of hydrogen-bond acceptors (Lipinski definition) is 3. The summed E-state index contributed by atoms with van der Waals surface area (Å²) in [6.45, 7) is 9.13. The molecule has 2 aliphatic rings. The van der Waals surface area contributed by atoms with Crippen molar-refractivity contribution in [2.75, 3.05) is 26.2 Å². The number of amides is 1. The molecule has 2 unspecified atom stereocenters. The fourth-order valence-corrected chi connectivity index (χ4v) is 4.22. The van der Waals surface area contributed by atoms with Gasteiger partial charge in [-0.25, -0.2) is 0 Å². The highest BCUT2D eigenvalue weighted by Crippen LogP contribution is 2.26. The molecular weight excluding hydrogens is 274 g/mol. The van der Waals surface area contributed by atoms with Gasteiger partial charge in [0.05, 0.1) is 5.54 Å². The Labute approximate surface area is 136 Å². The Kier molecular flexibility index (Phi) is 6.69. The zero-order valence-corrected chi connectivity index (χ0v) is 14.6. The SMILES string of the molecule is CC1CC(C)CN(CCCCNC(=O)C2(N)CCCCC2)C1. The lowest BCUT2D eigenvalue weighted by Crippen LogP contribution is -2.55. The van der Waals surface area contributed by atoms with Crippen molar-refractivity contribution in [2.45, 2.75) is 70.8 Å². The number of nitrogens with one attached hydrogen (secondary N) is 1. The van der Waals surface area contributed by atoms with E-state index >= 15 is 0 Å². The summed E-state index contributed by atoms with van der Waals surface area (Å²) in [5.74, 6) is 1.73. The lowest BCUT2D eigenvalue weighted by molar-refractivity contribution is -0.127. The van der Waals surface area contributed by atoms with Gasteiger partial charge in [-0.1, -0.05) is 33.1 Å². The summed E-state index contributed by atoms with van der Waals surface area (Å²) in [5, 5.41) is 3.07. The summed E-state index contributed by atoms with van der Waals surface area (Å²) in [6, 6.07) is 0. The van der Waals surface area contributed by atoms with Gasteiger partial charge in [-0.3, -0.25) is 4.79 Å². The van der Waals surface area contributed by atoms with Gasteiger partial charge < -0.3 is 16.0 Å². The zero-order chi connectivity index (χ0) is 16.0. The Morgan fingerprint density at radius 3 is 2.41 bits per heavy atom. The molecule has 0 aromatic rings. The molecule has 4 nitrogen and oxygen atoms in total. The molecule has 2 atom stereocenters. The van der Waals surface area contributed by atoms with Crippen LogP contribution in [-0.4, -0.2) is 42.5 Å². The highest BCUT2D eigenvalue weighted by molar-refractivity contribution is 5.86. The van der Waals surface area contributed by atoms with Crippen LogP contribution >= 0.6 is 0 Å². The lowest BCUT2D eigenvalue weighted by Gasteiger charge is -2.35. The minimum absolute atomic E-state index is 0.0763. The van der Waals surface area contributed by atoms with Gasteiger partial charge in [-0.15, -0.1) is 0 Å². The predicted molar refractivity (Wildman–Crippen MR) is 91.6 cm³/mol. The molecule has 0 bridgehead atoms. The maximum absolute atomic E-state index is 12.2. The molecule has 1 amide bonds. The van der Waals surface area contributed by atoms with Crippen molar-refractivity contribution in [3.05, 3.63) is 0 Å². The number of hydrogen-bond donors (Lipinski definition) is 2. The van der Waals surface area contributed by atoms with Gasteiger partial charge in [0, 0.05) is 19.6 Å². The third-order valence-corrected chi connectivity index (χ3v) is 5.33. The highest BCUT2D eigenvalue weighted by atomic mass is 16.2. The van der Waals surface area contributed by atoms with Crippen LogP contribution in [0.5, 0.6) is 0 Å². The topological polar surface area (TPSA) is 58.4 Å². The van der Waals surface area contributed by atoms with E-state index in [2.05, 4.69) is 24.1 Å². The van der Waals surface area contributed by atoms with Crippen LogP contribution in [-0.2, 0) is 4.79 Å². The summed E-state index contributed by atoms with van der Waals surface area (Å²) < 4.78 is 0. The van der Waals surface area contributed by atoms with Crippen LogP contribution in [0.1, 0.15) is 65.2 Å². The third kappa shape index (κ3) is 5.24. The monoisotopic (exact) mass is 309 g/mol. The molecule has 1 heterocycles. The number of nitrogens with two attached hydrogens (primary N) is 1. The maximum Gasteiger partial charge on any atom is 0.240 e. The first-order valence-corrected chi connectivity index (χ1v) is 9.29. The fraction of sp³-hybridized carbons (Fsp3) is 0.944. The van der Waals surface area contributed by atoms with Gasteiger partial charge in [-0.05, 0) is 50.5 Å². The molecule has 2 fully saturated rings. The molecule has 1 aliphatic heterocycles. The van der Waals surface area contributed by atoms with Gasteiger partial charge in [0.25, 0.3) is 0 Å². The van der Waals surface area contributed by atoms with E-state index in [9.17, 15) is 4.79 Å². The van der Waals surface area contributed by atoms with Crippen molar-refractivity contribution in [3.8, 4) is 0 Å². The van der Waals surface area contributed by atoms with Gasteiger partial charge in [-0.2, -0.15) is 0 Å². The van der Waals surface area contributed by atoms with E-state index in [1.165, 1.54) is 25.9 Å². The number of nitrogens with zero attached hydrogens (tertiary/aromatic N) is 1. The Bertz CT molecular complexity index is 342. The van der Waals surface area contributed by atoms with Crippen molar-refractivity contribution in [1.82, 2.24) is 10.2 Å². The van der Waals surface area contributed by atoms with E-state index in [-0.39, 0.29) is 5.91 Å². The summed E-state index contributed by atoms with van der Waals surface area (Å²) >= 11 is 0. The smallest absolute Gasteiger partial charge is 0.240 e. The van der Waals surface area contributed by atoms with Crippen LogP contribution in [0.3, 0.4) is 0 Å². The quantitative estimate of drug-likeness (QED) is 0.741. The second-order valence-corrected chi connectivity index (χ2v) is 7.89. The van der Waals surface area contributed by atoms with Gasteiger partial charge in [0.15, 0.2) is 0 Å². The molecule has 128 valence electrons. The molecule has 22 heavy (non-hydrogen) atoms. The third-order valence-electron chi connectivity index (χ3n) is 5.33. The van der Waals surface area contributed by atoms with Crippen molar-refractivity contribution < 1.29 is 4.79 Å². The number of rotatable bonds is 6. The number of carbonyl (C=O) groups is 1. The molecule has 0 spiro atoms. The van der Waals surface area contributed by atoms with E-state index in [1.807, 2.05) is 0 Å². The first-order valence-electron chi connectivity index (χ1n) is 9.29. The largest absolute Gasteiger partial charge is 0.355 e. The molecule has 3 N–H and O–H groups in total. The molecule has 0 aromatic heterocycles. The van der Waals surface area contributed by atoms with E-state index in [0.717, 1.165) is 63.5 Å². The van der Waals surface area contributed by atoms with Crippen LogP contribution < -0.4 is 11.1 Å². The highest BCUT2D eigenvalue weighted by Gasteiger charge is 2.34. The van der Waals surface area contributed by atoms with Crippen LogP contribution in [0.2, 0.25) is 0 Å². The second kappa shape index (κ2) is 8.30. The predicted octanol–water partition coefficient (Wildman–Crippen LogP) is 2.52. The molecule has 1 aliphatic carbocycles. The average Bonchev–Trinajstić information content (AvgIpc) is 2.46. The molecule has 2 rings (SSSR count). The van der Waals surface area contributed by atoms with Crippen LogP contribution in [0.4, 0.5) is 0 Å². The number of likely N-dealkylation sites (tertiary alicyclic amines) is 1. The lowest BCUT2D eigenvalue weighted by atomic mass is 9.82. The number of carbonyl (C=O) groups excluding carboxylic acids is 1. The normalized spacial score (nSPS) is 29.2. The Morgan fingerprint density at radius 1 is 1.14 bits per heavy atom. The van der Waals surface area contributed by atoms with Gasteiger partial charge >= 0.3 is 0 Å².